The topological polar surface area (TPSA) is 58.3 Å². The summed E-state index contributed by atoms with van der Waals surface area (Å²) in [6.07, 6.45) is 4.22. The van der Waals surface area contributed by atoms with Crippen LogP contribution in [0.25, 0.3) is 5.69 Å². The molecular formula is C16H23IN6. The van der Waals surface area contributed by atoms with Gasteiger partial charge in [-0.1, -0.05) is 18.2 Å². The van der Waals surface area contributed by atoms with Gasteiger partial charge in [-0.15, -0.1) is 34.2 Å². The molecule has 1 aromatic carbocycles. The third-order valence-electron chi connectivity index (χ3n) is 3.76. The number of likely N-dealkylation sites (tertiary alicyclic amines) is 1. The van der Waals surface area contributed by atoms with Crippen molar-refractivity contribution in [2.45, 2.75) is 26.3 Å². The zero-order valence-electron chi connectivity index (χ0n) is 13.4. The summed E-state index contributed by atoms with van der Waals surface area (Å²) in [4.78, 5) is 7.04. The average molecular weight is 426 g/mol. The Labute approximate surface area is 154 Å². The van der Waals surface area contributed by atoms with Gasteiger partial charge in [0, 0.05) is 25.3 Å². The second-order valence-electron chi connectivity index (χ2n) is 5.32. The first kappa shape index (κ1) is 17.7. The molecule has 3 rings (SSSR count). The molecule has 124 valence electrons. The summed E-state index contributed by atoms with van der Waals surface area (Å²) in [5.74, 6) is 1.82. The van der Waals surface area contributed by atoms with Crippen LogP contribution >= 0.6 is 24.0 Å². The number of hydrogen-bond donors (Lipinski definition) is 1. The minimum atomic E-state index is 0. The molecule has 1 aliphatic rings. The third-order valence-corrected chi connectivity index (χ3v) is 3.76. The molecule has 0 aliphatic carbocycles. The van der Waals surface area contributed by atoms with E-state index in [0.29, 0.717) is 6.54 Å². The summed E-state index contributed by atoms with van der Waals surface area (Å²) in [5, 5.41) is 11.6. The average Bonchev–Trinajstić information content (AvgIpc) is 3.24. The van der Waals surface area contributed by atoms with Crippen molar-refractivity contribution in [1.82, 2.24) is 25.0 Å². The fourth-order valence-corrected chi connectivity index (χ4v) is 2.67. The molecule has 0 unspecified atom stereocenters. The summed E-state index contributed by atoms with van der Waals surface area (Å²) in [7, 11) is 0. The van der Waals surface area contributed by atoms with Gasteiger partial charge in [0.15, 0.2) is 11.8 Å². The van der Waals surface area contributed by atoms with Gasteiger partial charge in [0.05, 0.1) is 0 Å². The van der Waals surface area contributed by atoms with Crippen molar-refractivity contribution >= 4 is 29.9 Å². The minimum absolute atomic E-state index is 0. The smallest absolute Gasteiger partial charge is 0.194 e. The van der Waals surface area contributed by atoms with Crippen LogP contribution in [-0.4, -0.2) is 45.3 Å². The molecule has 1 N–H and O–H groups in total. The Balaban J connectivity index is 0.00000192. The summed E-state index contributed by atoms with van der Waals surface area (Å²) >= 11 is 0. The molecule has 6 nitrogen and oxygen atoms in total. The largest absolute Gasteiger partial charge is 0.357 e. The summed E-state index contributed by atoms with van der Waals surface area (Å²) < 4.78 is 1.98. The van der Waals surface area contributed by atoms with Crippen molar-refractivity contribution in [3.05, 3.63) is 42.5 Å². The van der Waals surface area contributed by atoms with Crippen LogP contribution in [0.15, 0.2) is 41.7 Å². The number of benzene rings is 1. The maximum absolute atomic E-state index is 4.73. The Morgan fingerprint density at radius 1 is 1.22 bits per heavy atom. The van der Waals surface area contributed by atoms with Crippen LogP contribution < -0.4 is 5.32 Å². The number of hydrogen-bond acceptors (Lipinski definition) is 3. The van der Waals surface area contributed by atoms with Gasteiger partial charge in [0.2, 0.25) is 0 Å². The van der Waals surface area contributed by atoms with Crippen LogP contribution in [0, 0.1) is 0 Å². The van der Waals surface area contributed by atoms with Crippen molar-refractivity contribution in [2.24, 2.45) is 4.99 Å². The van der Waals surface area contributed by atoms with Gasteiger partial charge in [0.1, 0.15) is 12.9 Å². The number of nitrogens with zero attached hydrogens (tertiary/aromatic N) is 5. The van der Waals surface area contributed by atoms with Gasteiger partial charge in [-0.25, -0.2) is 4.99 Å². The Morgan fingerprint density at radius 2 is 1.96 bits per heavy atom. The second-order valence-corrected chi connectivity index (χ2v) is 5.32. The van der Waals surface area contributed by atoms with Crippen molar-refractivity contribution in [2.75, 3.05) is 19.6 Å². The lowest BCUT2D eigenvalue weighted by atomic mass is 10.3. The van der Waals surface area contributed by atoms with E-state index < -0.39 is 0 Å². The fourth-order valence-electron chi connectivity index (χ4n) is 2.67. The van der Waals surface area contributed by atoms with Crippen LogP contribution in [0.4, 0.5) is 0 Å². The molecular weight excluding hydrogens is 403 g/mol. The van der Waals surface area contributed by atoms with E-state index in [0.717, 1.165) is 37.1 Å². The molecule has 0 atom stereocenters. The molecule has 0 radical (unpaired) electrons. The molecule has 1 fully saturated rings. The van der Waals surface area contributed by atoms with E-state index in [1.54, 1.807) is 6.33 Å². The highest BCUT2D eigenvalue weighted by atomic mass is 127. The summed E-state index contributed by atoms with van der Waals surface area (Å²) in [5.41, 5.74) is 1.06. The quantitative estimate of drug-likeness (QED) is 0.464. The predicted molar refractivity (Wildman–Crippen MR) is 102 cm³/mol. The third kappa shape index (κ3) is 4.43. The Bertz CT molecular complexity index is 619. The Kier molecular flexibility index (Phi) is 6.82. The van der Waals surface area contributed by atoms with Crippen molar-refractivity contribution in [3.63, 3.8) is 0 Å². The van der Waals surface area contributed by atoms with Gasteiger partial charge >= 0.3 is 0 Å². The first-order chi connectivity index (χ1) is 10.9. The van der Waals surface area contributed by atoms with Gasteiger partial charge in [-0.05, 0) is 31.9 Å². The second kappa shape index (κ2) is 8.85. The number of nitrogens with one attached hydrogen (secondary N) is 1. The highest BCUT2D eigenvalue weighted by Crippen LogP contribution is 2.11. The van der Waals surface area contributed by atoms with Crippen molar-refractivity contribution < 1.29 is 0 Å². The summed E-state index contributed by atoms with van der Waals surface area (Å²) in [6.45, 7) is 5.65. The number of guanidine groups is 1. The first-order valence-corrected chi connectivity index (χ1v) is 7.86. The molecule has 0 bridgehead atoms. The lowest BCUT2D eigenvalue weighted by Crippen LogP contribution is -2.39. The van der Waals surface area contributed by atoms with Gasteiger partial charge in [0.25, 0.3) is 0 Å². The molecule has 2 heterocycles. The number of halogens is 1. The molecule has 1 aliphatic heterocycles. The number of aliphatic imine (C=N–C) groups is 1. The molecule has 1 aromatic heterocycles. The van der Waals surface area contributed by atoms with Crippen LogP contribution in [0.2, 0.25) is 0 Å². The Hall–Kier alpha value is -1.64. The van der Waals surface area contributed by atoms with E-state index in [1.807, 2.05) is 34.9 Å². The van der Waals surface area contributed by atoms with Gasteiger partial charge < -0.3 is 10.2 Å². The molecule has 2 aromatic rings. The molecule has 0 saturated carbocycles. The number of rotatable bonds is 4. The van der Waals surface area contributed by atoms with Crippen LogP contribution in [0.1, 0.15) is 25.6 Å². The number of aromatic nitrogens is 3. The lowest BCUT2D eigenvalue weighted by Gasteiger charge is -2.20. The Morgan fingerprint density at radius 3 is 2.65 bits per heavy atom. The van der Waals surface area contributed by atoms with E-state index in [-0.39, 0.29) is 24.0 Å². The van der Waals surface area contributed by atoms with E-state index in [9.17, 15) is 0 Å². The van der Waals surface area contributed by atoms with Crippen LogP contribution in [0.5, 0.6) is 0 Å². The minimum Gasteiger partial charge on any atom is -0.357 e. The fraction of sp³-hybridized carbons (Fsp3) is 0.438. The molecule has 0 amide bonds. The van der Waals surface area contributed by atoms with E-state index in [1.165, 1.54) is 12.8 Å². The monoisotopic (exact) mass is 426 g/mol. The maximum atomic E-state index is 4.73. The SMILES string of the molecule is CCNC(=NCc1nncn1-c1ccccc1)N1CCCC1.I. The molecule has 0 spiro atoms. The maximum Gasteiger partial charge on any atom is 0.194 e. The number of para-hydroxylation sites is 1. The zero-order valence-corrected chi connectivity index (χ0v) is 15.7. The molecule has 7 heteroatoms. The predicted octanol–water partition coefficient (Wildman–Crippen LogP) is 2.45. The highest BCUT2D eigenvalue weighted by Gasteiger charge is 2.16. The molecule has 1 saturated heterocycles. The van der Waals surface area contributed by atoms with E-state index in [2.05, 4.69) is 27.3 Å². The van der Waals surface area contributed by atoms with Crippen molar-refractivity contribution in [1.29, 1.82) is 0 Å². The van der Waals surface area contributed by atoms with Crippen LogP contribution in [0.3, 0.4) is 0 Å². The molecule has 23 heavy (non-hydrogen) atoms. The summed E-state index contributed by atoms with van der Waals surface area (Å²) in [6, 6.07) is 10.1. The lowest BCUT2D eigenvalue weighted by molar-refractivity contribution is 0.493. The zero-order chi connectivity index (χ0) is 15.2. The standard InChI is InChI=1S/C16H22N6.HI/c1-2-17-16(21-10-6-7-11-21)18-12-15-20-19-13-22(15)14-8-4-3-5-9-14;/h3-5,8-9,13H,2,6-7,10-12H2,1H3,(H,17,18);1H. The van der Waals surface area contributed by atoms with Gasteiger partial charge in [-0.2, -0.15) is 0 Å². The highest BCUT2D eigenvalue weighted by molar-refractivity contribution is 14.0. The van der Waals surface area contributed by atoms with Gasteiger partial charge in [-0.3, -0.25) is 4.57 Å². The van der Waals surface area contributed by atoms with E-state index >= 15 is 0 Å². The van der Waals surface area contributed by atoms with E-state index in [4.69, 9.17) is 4.99 Å². The van der Waals surface area contributed by atoms with Crippen LogP contribution in [-0.2, 0) is 6.54 Å². The van der Waals surface area contributed by atoms with Crippen molar-refractivity contribution in [3.8, 4) is 5.69 Å². The normalized spacial score (nSPS) is 14.7. The first-order valence-electron chi connectivity index (χ1n) is 7.86.